The predicted octanol–water partition coefficient (Wildman–Crippen LogP) is 0.289. The molecule has 0 unspecified atom stereocenters. The number of nitrogen functional groups attached to an aromatic ring is 1. The molecule has 0 atom stereocenters. The van der Waals surface area contributed by atoms with E-state index in [1.54, 1.807) is 18.2 Å². The summed E-state index contributed by atoms with van der Waals surface area (Å²) in [4.78, 5) is 23.4. The van der Waals surface area contributed by atoms with Gasteiger partial charge in [0, 0.05) is 17.3 Å². The van der Waals surface area contributed by atoms with Gasteiger partial charge in [0.25, 0.3) is 5.91 Å². The van der Waals surface area contributed by atoms with Crippen LogP contribution in [0.2, 0.25) is 0 Å². The third kappa shape index (κ3) is 3.69. The van der Waals surface area contributed by atoms with Crippen molar-refractivity contribution in [2.24, 2.45) is 5.84 Å². The van der Waals surface area contributed by atoms with Crippen LogP contribution in [0.4, 0.5) is 5.69 Å². The van der Waals surface area contributed by atoms with Crippen molar-refractivity contribution in [1.82, 2.24) is 10.6 Å². The number of benzene rings is 1. The number of rotatable bonds is 5. The summed E-state index contributed by atoms with van der Waals surface area (Å²) in [5.41, 5.74) is 4.59. The lowest BCUT2D eigenvalue weighted by atomic mass is 10.1. The molecule has 1 aromatic carbocycles. The summed E-state index contributed by atoms with van der Waals surface area (Å²) in [6, 6.07) is 5.48. The van der Waals surface area contributed by atoms with E-state index in [-0.39, 0.29) is 18.4 Å². The summed E-state index contributed by atoms with van der Waals surface area (Å²) in [6.07, 6.45) is 2.07. The zero-order chi connectivity index (χ0) is 13.8. The van der Waals surface area contributed by atoms with E-state index in [4.69, 9.17) is 5.84 Å². The molecule has 0 heterocycles. The minimum absolute atomic E-state index is 0.00562. The fraction of sp³-hybridized carbons (Fsp3) is 0.385. The zero-order valence-electron chi connectivity index (χ0n) is 10.8. The van der Waals surface area contributed by atoms with Gasteiger partial charge in [-0.25, -0.2) is 0 Å². The summed E-state index contributed by atoms with van der Waals surface area (Å²) in [5, 5.41) is 5.42. The van der Waals surface area contributed by atoms with Gasteiger partial charge in [-0.3, -0.25) is 15.4 Å². The molecule has 2 rings (SSSR count). The van der Waals surface area contributed by atoms with Crippen LogP contribution in [0.1, 0.15) is 28.8 Å². The van der Waals surface area contributed by atoms with Gasteiger partial charge in [-0.1, -0.05) is 0 Å². The van der Waals surface area contributed by atoms with Crippen molar-refractivity contribution in [2.75, 3.05) is 12.0 Å². The van der Waals surface area contributed by atoms with Gasteiger partial charge in [0.1, 0.15) is 0 Å². The Balaban J connectivity index is 1.89. The van der Waals surface area contributed by atoms with E-state index in [1.165, 1.54) is 0 Å². The minimum Gasteiger partial charge on any atom is -0.352 e. The highest BCUT2D eigenvalue weighted by molar-refractivity contribution is 5.98. The van der Waals surface area contributed by atoms with Crippen molar-refractivity contribution >= 4 is 17.5 Å². The average molecular weight is 262 g/mol. The Morgan fingerprint density at radius 3 is 2.68 bits per heavy atom. The van der Waals surface area contributed by atoms with Crippen molar-refractivity contribution in [3.05, 3.63) is 29.3 Å². The van der Waals surface area contributed by atoms with Crippen molar-refractivity contribution < 1.29 is 9.59 Å². The van der Waals surface area contributed by atoms with Gasteiger partial charge in [-0.2, -0.15) is 0 Å². The molecule has 1 aliphatic rings. The molecule has 6 nitrogen and oxygen atoms in total. The highest BCUT2D eigenvalue weighted by atomic mass is 16.2. The van der Waals surface area contributed by atoms with Gasteiger partial charge in [-0.15, -0.1) is 0 Å². The molecular formula is C13H18N4O2. The quantitative estimate of drug-likeness (QED) is 0.453. The van der Waals surface area contributed by atoms with E-state index in [0.29, 0.717) is 11.6 Å². The maximum absolute atomic E-state index is 11.9. The third-order valence-electron chi connectivity index (χ3n) is 2.99. The first-order chi connectivity index (χ1) is 9.10. The molecule has 2 amide bonds. The van der Waals surface area contributed by atoms with Crippen LogP contribution in [0.3, 0.4) is 0 Å². The van der Waals surface area contributed by atoms with Gasteiger partial charge < -0.3 is 16.1 Å². The molecule has 0 aliphatic heterocycles. The summed E-state index contributed by atoms with van der Waals surface area (Å²) in [6.45, 7) is 1.83. The molecule has 0 bridgehead atoms. The minimum atomic E-state index is -0.257. The number of hydrogen-bond acceptors (Lipinski definition) is 4. The molecule has 1 fully saturated rings. The number of aryl methyl sites for hydroxylation is 1. The van der Waals surface area contributed by atoms with E-state index < -0.39 is 0 Å². The van der Waals surface area contributed by atoms with E-state index in [0.717, 1.165) is 24.1 Å². The smallest absolute Gasteiger partial charge is 0.251 e. The largest absolute Gasteiger partial charge is 0.352 e. The number of anilines is 1. The van der Waals surface area contributed by atoms with Gasteiger partial charge in [0.15, 0.2) is 0 Å². The van der Waals surface area contributed by atoms with E-state index in [1.807, 2.05) is 6.92 Å². The lowest BCUT2D eigenvalue weighted by Crippen LogP contribution is -2.38. The summed E-state index contributed by atoms with van der Waals surface area (Å²) >= 11 is 0. The number of carbonyl (C=O) groups excluding carboxylic acids is 2. The third-order valence-corrected chi connectivity index (χ3v) is 2.99. The van der Waals surface area contributed by atoms with Crippen molar-refractivity contribution in [2.45, 2.75) is 25.8 Å². The molecule has 0 radical (unpaired) electrons. The standard InChI is InChI=1S/C13H18N4O2/c1-8-6-10(17-14)4-5-11(8)13(19)15-7-12(18)16-9-2-3-9/h4-6,9,17H,2-3,7,14H2,1H3,(H,15,19)(H,16,18). The van der Waals surface area contributed by atoms with Crippen LogP contribution in [-0.4, -0.2) is 24.4 Å². The molecule has 1 saturated carbocycles. The molecule has 19 heavy (non-hydrogen) atoms. The summed E-state index contributed by atoms with van der Waals surface area (Å²) < 4.78 is 0. The molecule has 5 N–H and O–H groups in total. The number of amides is 2. The predicted molar refractivity (Wildman–Crippen MR) is 72.5 cm³/mol. The van der Waals surface area contributed by atoms with Crippen LogP contribution in [0, 0.1) is 6.92 Å². The first kappa shape index (κ1) is 13.4. The van der Waals surface area contributed by atoms with Crippen LogP contribution in [0.25, 0.3) is 0 Å². The molecular weight excluding hydrogens is 244 g/mol. The van der Waals surface area contributed by atoms with Crippen LogP contribution >= 0.6 is 0 Å². The Morgan fingerprint density at radius 1 is 1.37 bits per heavy atom. The summed E-state index contributed by atoms with van der Waals surface area (Å²) in [7, 11) is 0. The Bertz CT molecular complexity index is 497. The van der Waals surface area contributed by atoms with Crippen molar-refractivity contribution in [3.63, 3.8) is 0 Å². The maximum atomic E-state index is 11.9. The van der Waals surface area contributed by atoms with Gasteiger partial charge in [0.05, 0.1) is 6.54 Å². The SMILES string of the molecule is Cc1cc(NN)ccc1C(=O)NCC(=O)NC1CC1. The molecule has 1 aromatic rings. The lowest BCUT2D eigenvalue weighted by Gasteiger charge is -2.09. The van der Waals surface area contributed by atoms with Gasteiger partial charge in [0.2, 0.25) is 5.91 Å². The average Bonchev–Trinajstić information content (AvgIpc) is 3.19. The highest BCUT2D eigenvalue weighted by Crippen LogP contribution is 2.18. The second-order valence-electron chi connectivity index (χ2n) is 4.70. The Kier molecular flexibility index (Phi) is 4.01. The molecule has 102 valence electrons. The second kappa shape index (κ2) is 5.71. The number of nitrogens with two attached hydrogens (primary N) is 1. The second-order valence-corrected chi connectivity index (χ2v) is 4.70. The molecule has 0 saturated heterocycles. The number of hydrogen-bond donors (Lipinski definition) is 4. The van der Waals surface area contributed by atoms with Gasteiger partial charge in [-0.05, 0) is 43.5 Å². The van der Waals surface area contributed by atoms with E-state index >= 15 is 0 Å². The molecule has 6 heteroatoms. The molecule has 1 aliphatic carbocycles. The Hall–Kier alpha value is -2.08. The monoisotopic (exact) mass is 262 g/mol. The first-order valence-electron chi connectivity index (χ1n) is 6.25. The molecule has 0 aromatic heterocycles. The van der Waals surface area contributed by atoms with Crippen molar-refractivity contribution in [1.29, 1.82) is 0 Å². The van der Waals surface area contributed by atoms with Gasteiger partial charge >= 0.3 is 0 Å². The van der Waals surface area contributed by atoms with E-state index in [2.05, 4.69) is 16.1 Å². The Morgan fingerprint density at radius 2 is 2.11 bits per heavy atom. The normalized spacial score (nSPS) is 13.8. The topological polar surface area (TPSA) is 96.2 Å². The van der Waals surface area contributed by atoms with Crippen LogP contribution < -0.4 is 21.9 Å². The fourth-order valence-electron chi connectivity index (χ4n) is 1.77. The van der Waals surface area contributed by atoms with Crippen molar-refractivity contribution in [3.8, 4) is 0 Å². The molecule has 0 spiro atoms. The maximum Gasteiger partial charge on any atom is 0.251 e. The zero-order valence-corrected chi connectivity index (χ0v) is 10.8. The first-order valence-corrected chi connectivity index (χ1v) is 6.25. The van der Waals surface area contributed by atoms with Crippen LogP contribution in [0.5, 0.6) is 0 Å². The Labute approximate surface area is 111 Å². The number of hydrazine groups is 1. The van der Waals surface area contributed by atoms with Crippen LogP contribution in [0.15, 0.2) is 18.2 Å². The summed E-state index contributed by atoms with van der Waals surface area (Å²) in [5.74, 6) is 4.89. The number of nitrogens with one attached hydrogen (secondary N) is 3. The lowest BCUT2D eigenvalue weighted by molar-refractivity contribution is -0.120. The highest BCUT2D eigenvalue weighted by Gasteiger charge is 2.23. The van der Waals surface area contributed by atoms with E-state index in [9.17, 15) is 9.59 Å². The number of carbonyl (C=O) groups is 2. The fourth-order valence-corrected chi connectivity index (χ4v) is 1.77. The van der Waals surface area contributed by atoms with Crippen LogP contribution in [-0.2, 0) is 4.79 Å².